The van der Waals surface area contributed by atoms with Gasteiger partial charge in [0.2, 0.25) is 5.89 Å². The van der Waals surface area contributed by atoms with Crippen LogP contribution in [0.25, 0.3) is 22.5 Å². The number of thioether (sulfide) groups is 1. The van der Waals surface area contributed by atoms with Crippen LogP contribution in [0, 0.1) is 13.8 Å². The number of nitrogens with zero attached hydrogens (tertiary/aromatic N) is 3. The number of nitrogens with one attached hydrogen (secondary N) is 1. The molecule has 8 heteroatoms. The summed E-state index contributed by atoms with van der Waals surface area (Å²) < 4.78 is 16.5. The maximum atomic E-state index is 5.73. The van der Waals surface area contributed by atoms with Gasteiger partial charge in [-0.15, -0.1) is 10.2 Å². The summed E-state index contributed by atoms with van der Waals surface area (Å²) >= 11 is 1.50. The number of imidazole rings is 1. The monoisotopic (exact) mass is 356 g/mol. The number of aromatic amines is 1. The molecule has 4 aromatic rings. The summed E-state index contributed by atoms with van der Waals surface area (Å²) in [5.74, 6) is 3.92. The molecule has 1 aromatic carbocycles. The van der Waals surface area contributed by atoms with Crippen molar-refractivity contribution in [3.05, 3.63) is 41.7 Å². The molecular formula is C17H16N4O3S. The van der Waals surface area contributed by atoms with E-state index in [1.165, 1.54) is 11.8 Å². The Morgan fingerprint density at radius 2 is 2.04 bits per heavy atom. The topological polar surface area (TPSA) is 90.0 Å². The molecule has 0 fully saturated rings. The molecule has 0 atom stereocenters. The summed E-state index contributed by atoms with van der Waals surface area (Å²) in [5, 5.41) is 8.99. The number of methoxy groups -OCH3 is 1. The van der Waals surface area contributed by atoms with E-state index in [0.717, 1.165) is 39.0 Å². The maximum absolute atomic E-state index is 5.73. The van der Waals surface area contributed by atoms with Gasteiger partial charge in [0.25, 0.3) is 5.89 Å². The number of rotatable bonds is 5. The van der Waals surface area contributed by atoms with E-state index in [-0.39, 0.29) is 0 Å². The van der Waals surface area contributed by atoms with Gasteiger partial charge in [0.1, 0.15) is 17.3 Å². The van der Waals surface area contributed by atoms with Crippen LogP contribution in [0.3, 0.4) is 0 Å². The third kappa shape index (κ3) is 3.12. The standard InChI is InChI=1S/C17H16N4O3S/c1-9-6-12(10(2)23-9)16-21-20-15(24-16)8-25-17-18-13-5-4-11(22-3)7-14(13)19-17/h4-7H,8H2,1-3H3,(H,18,19). The number of fused-ring (bicyclic) bond motifs is 1. The molecule has 128 valence electrons. The molecule has 0 amide bonds. The third-order valence-electron chi connectivity index (χ3n) is 3.74. The lowest BCUT2D eigenvalue weighted by molar-refractivity contribution is 0.415. The van der Waals surface area contributed by atoms with E-state index < -0.39 is 0 Å². The Kier molecular flexibility index (Phi) is 3.96. The molecule has 0 saturated carbocycles. The zero-order valence-corrected chi connectivity index (χ0v) is 14.8. The predicted octanol–water partition coefficient (Wildman–Crippen LogP) is 4.12. The number of ether oxygens (including phenoxy) is 1. The van der Waals surface area contributed by atoms with Gasteiger partial charge < -0.3 is 18.6 Å². The molecule has 3 aromatic heterocycles. The number of aromatic nitrogens is 4. The van der Waals surface area contributed by atoms with Gasteiger partial charge in [-0.2, -0.15) is 0 Å². The van der Waals surface area contributed by atoms with Crippen molar-refractivity contribution in [2.45, 2.75) is 24.8 Å². The van der Waals surface area contributed by atoms with E-state index in [0.29, 0.717) is 17.5 Å². The largest absolute Gasteiger partial charge is 0.497 e. The van der Waals surface area contributed by atoms with Crippen molar-refractivity contribution in [1.29, 1.82) is 0 Å². The number of aryl methyl sites for hydroxylation is 2. The fraction of sp³-hybridized carbons (Fsp3) is 0.235. The maximum Gasteiger partial charge on any atom is 0.251 e. The highest BCUT2D eigenvalue weighted by atomic mass is 32.2. The summed E-state index contributed by atoms with van der Waals surface area (Å²) in [5.41, 5.74) is 2.65. The molecule has 25 heavy (non-hydrogen) atoms. The Balaban J connectivity index is 1.49. The molecule has 0 aliphatic heterocycles. The summed E-state index contributed by atoms with van der Waals surface area (Å²) in [4.78, 5) is 7.79. The highest BCUT2D eigenvalue weighted by molar-refractivity contribution is 7.98. The number of hydrogen-bond donors (Lipinski definition) is 1. The van der Waals surface area contributed by atoms with Gasteiger partial charge in [-0.3, -0.25) is 0 Å². The van der Waals surface area contributed by atoms with Crippen LogP contribution in [0.1, 0.15) is 17.4 Å². The average molecular weight is 356 g/mol. The second-order valence-corrected chi connectivity index (χ2v) is 6.51. The minimum atomic E-state index is 0.472. The van der Waals surface area contributed by atoms with Gasteiger partial charge in [-0.05, 0) is 32.0 Å². The van der Waals surface area contributed by atoms with E-state index >= 15 is 0 Å². The molecule has 4 rings (SSSR count). The second-order valence-electron chi connectivity index (χ2n) is 5.54. The number of furan rings is 1. The van der Waals surface area contributed by atoms with E-state index in [1.807, 2.05) is 38.1 Å². The van der Waals surface area contributed by atoms with Crippen LogP contribution >= 0.6 is 11.8 Å². The lowest BCUT2D eigenvalue weighted by Crippen LogP contribution is -1.81. The first-order valence-corrected chi connectivity index (χ1v) is 8.67. The quantitative estimate of drug-likeness (QED) is 0.538. The molecule has 3 heterocycles. The van der Waals surface area contributed by atoms with Crippen molar-refractivity contribution in [2.75, 3.05) is 7.11 Å². The Hall–Kier alpha value is -2.74. The van der Waals surface area contributed by atoms with Crippen LogP contribution in [0.5, 0.6) is 5.75 Å². The van der Waals surface area contributed by atoms with Crippen LogP contribution < -0.4 is 4.74 Å². The molecule has 0 radical (unpaired) electrons. The van der Waals surface area contributed by atoms with Crippen LogP contribution in [-0.4, -0.2) is 27.3 Å². The minimum Gasteiger partial charge on any atom is -0.497 e. The fourth-order valence-corrected chi connectivity index (χ4v) is 3.28. The van der Waals surface area contributed by atoms with Crippen LogP contribution in [-0.2, 0) is 5.75 Å². The number of benzene rings is 1. The average Bonchev–Trinajstić information content (AvgIpc) is 3.30. The van der Waals surface area contributed by atoms with Crippen LogP contribution in [0.2, 0.25) is 0 Å². The number of H-pyrrole nitrogens is 1. The first-order chi connectivity index (χ1) is 12.1. The molecule has 0 unspecified atom stereocenters. The third-order valence-corrected chi connectivity index (χ3v) is 4.60. The number of hydrogen-bond acceptors (Lipinski definition) is 7. The van der Waals surface area contributed by atoms with Crippen molar-refractivity contribution < 1.29 is 13.6 Å². The first-order valence-electron chi connectivity index (χ1n) is 7.69. The lowest BCUT2D eigenvalue weighted by Gasteiger charge is -1.96. The molecular weight excluding hydrogens is 340 g/mol. The van der Waals surface area contributed by atoms with Crippen molar-refractivity contribution in [3.8, 4) is 17.2 Å². The van der Waals surface area contributed by atoms with Gasteiger partial charge in [-0.25, -0.2) is 4.98 Å². The summed E-state index contributed by atoms with van der Waals surface area (Å²) in [7, 11) is 1.64. The Morgan fingerprint density at radius 1 is 1.16 bits per heavy atom. The van der Waals surface area contributed by atoms with Gasteiger partial charge >= 0.3 is 0 Å². The second kappa shape index (κ2) is 6.29. The highest BCUT2D eigenvalue weighted by Gasteiger charge is 2.15. The first kappa shape index (κ1) is 15.8. The lowest BCUT2D eigenvalue weighted by atomic mass is 10.2. The van der Waals surface area contributed by atoms with Crippen molar-refractivity contribution in [1.82, 2.24) is 20.2 Å². The van der Waals surface area contributed by atoms with E-state index in [4.69, 9.17) is 13.6 Å². The molecule has 7 nitrogen and oxygen atoms in total. The van der Waals surface area contributed by atoms with Crippen LogP contribution in [0.15, 0.2) is 38.3 Å². The van der Waals surface area contributed by atoms with E-state index in [9.17, 15) is 0 Å². The minimum absolute atomic E-state index is 0.472. The Labute approximate surface area is 147 Å². The predicted molar refractivity (Wildman–Crippen MR) is 93.7 cm³/mol. The van der Waals surface area contributed by atoms with Crippen molar-refractivity contribution >= 4 is 22.8 Å². The van der Waals surface area contributed by atoms with E-state index in [1.54, 1.807) is 7.11 Å². The fourth-order valence-electron chi connectivity index (χ4n) is 2.55. The Bertz CT molecular complexity index is 1030. The van der Waals surface area contributed by atoms with Gasteiger partial charge in [0, 0.05) is 6.07 Å². The van der Waals surface area contributed by atoms with Crippen molar-refractivity contribution in [3.63, 3.8) is 0 Å². The van der Waals surface area contributed by atoms with Gasteiger partial charge in [0.15, 0.2) is 5.16 Å². The zero-order chi connectivity index (χ0) is 17.4. The summed E-state index contributed by atoms with van der Waals surface area (Å²) in [6.45, 7) is 3.77. The van der Waals surface area contributed by atoms with E-state index in [2.05, 4.69) is 20.2 Å². The molecule has 0 spiro atoms. The smallest absolute Gasteiger partial charge is 0.251 e. The highest BCUT2D eigenvalue weighted by Crippen LogP contribution is 2.28. The molecule has 0 aliphatic rings. The normalized spacial score (nSPS) is 11.3. The molecule has 0 bridgehead atoms. The van der Waals surface area contributed by atoms with Gasteiger partial charge in [-0.1, -0.05) is 11.8 Å². The molecule has 1 N–H and O–H groups in total. The van der Waals surface area contributed by atoms with Crippen molar-refractivity contribution in [2.24, 2.45) is 0 Å². The Morgan fingerprint density at radius 3 is 2.80 bits per heavy atom. The van der Waals surface area contributed by atoms with Gasteiger partial charge in [0.05, 0.1) is 29.5 Å². The summed E-state index contributed by atoms with van der Waals surface area (Å²) in [6, 6.07) is 7.62. The SMILES string of the molecule is COc1ccc2nc(SCc3nnc(-c4cc(C)oc4C)o3)[nH]c2c1. The van der Waals surface area contributed by atoms with Crippen LogP contribution in [0.4, 0.5) is 0 Å². The zero-order valence-electron chi connectivity index (χ0n) is 14.0. The molecule has 0 saturated heterocycles. The molecule has 0 aliphatic carbocycles. The summed E-state index contributed by atoms with van der Waals surface area (Å²) in [6.07, 6.45) is 0.